The Labute approximate surface area is 185 Å². The molecular weight excluding hydrogens is 416 g/mol. The number of sulfonamides is 1. The maximum absolute atomic E-state index is 13.0. The van der Waals surface area contributed by atoms with Gasteiger partial charge in [0, 0.05) is 32.9 Å². The zero-order valence-electron chi connectivity index (χ0n) is 18.9. The molecule has 0 saturated carbocycles. The second kappa shape index (κ2) is 9.67. The zero-order valence-corrected chi connectivity index (χ0v) is 19.7. The van der Waals surface area contributed by atoms with E-state index in [1.807, 2.05) is 4.90 Å². The number of piperidine rings is 1. The third-order valence-corrected chi connectivity index (χ3v) is 7.89. The fourth-order valence-corrected chi connectivity index (χ4v) is 6.32. The Morgan fingerprint density at radius 3 is 2.29 bits per heavy atom. The van der Waals surface area contributed by atoms with Gasteiger partial charge in [-0.2, -0.15) is 4.31 Å². The molecule has 1 aromatic carbocycles. The lowest BCUT2D eigenvalue weighted by Crippen LogP contribution is -2.45. The lowest BCUT2D eigenvalue weighted by Gasteiger charge is -2.34. The van der Waals surface area contributed by atoms with Crippen LogP contribution in [0.15, 0.2) is 29.2 Å². The molecule has 2 amide bonds. The van der Waals surface area contributed by atoms with Crippen molar-refractivity contribution >= 4 is 27.5 Å². The highest BCUT2D eigenvalue weighted by Crippen LogP contribution is 2.27. The van der Waals surface area contributed by atoms with Gasteiger partial charge in [0.2, 0.25) is 21.8 Å². The maximum atomic E-state index is 13.0. The molecule has 2 aliphatic rings. The van der Waals surface area contributed by atoms with E-state index in [9.17, 15) is 18.0 Å². The molecule has 8 nitrogen and oxygen atoms in total. The standard InChI is InChI=1S/C22H34N4O4S/c1-16-12-17(2)14-26(13-16)31(29,30)19-9-7-18(8-10-19)23-21(27)15-25-11-5-6-20(25)22(28)24(3)4/h7-10,16-17,20H,5-6,11-15H2,1-4H3,(H,23,27). The highest BCUT2D eigenvalue weighted by Gasteiger charge is 2.33. The Hall–Kier alpha value is -1.97. The molecule has 9 heteroatoms. The molecule has 172 valence electrons. The number of carbonyl (C=O) groups is 2. The third-order valence-electron chi connectivity index (χ3n) is 6.05. The number of likely N-dealkylation sites (N-methyl/N-ethyl adjacent to an activating group) is 1. The first-order valence-corrected chi connectivity index (χ1v) is 12.4. The van der Waals surface area contributed by atoms with Gasteiger partial charge in [-0.1, -0.05) is 13.8 Å². The van der Waals surface area contributed by atoms with E-state index in [0.29, 0.717) is 37.2 Å². The van der Waals surface area contributed by atoms with Crippen LogP contribution in [0.2, 0.25) is 0 Å². The highest BCUT2D eigenvalue weighted by molar-refractivity contribution is 7.89. The van der Waals surface area contributed by atoms with Gasteiger partial charge in [-0.3, -0.25) is 14.5 Å². The number of amides is 2. The Morgan fingerprint density at radius 1 is 1.10 bits per heavy atom. The average Bonchev–Trinajstić information content (AvgIpc) is 3.14. The molecule has 2 aliphatic heterocycles. The predicted molar refractivity (Wildman–Crippen MR) is 120 cm³/mol. The van der Waals surface area contributed by atoms with Crippen molar-refractivity contribution < 1.29 is 18.0 Å². The van der Waals surface area contributed by atoms with Crippen LogP contribution in [0.5, 0.6) is 0 Å². The zero-order chi connectivity index (χ0) is 22.8. The molecule has 3 rings (SSSR count). The fourth-order valence-electron chi connectivity index (χ4n) is 4.64. The highest BCUT2D eigenvalue weighted by atomic mass is 32.2. The van der Waals surface area contributed by atoms with Crippen LogP contribution in [-0.2, 0) is 19.6 Å². The molecule has 1 N–H and O–H groups in total. The van der Waals surface area contributed by atoms with Crippen LogP contribution in [0.25, 0.3) is 0 Å². The molecule has 31 heavy (non-hydrogen) atoms. The summed E-state index contributed by atoms with van der Waals surface area (Å²) in [4.78, 5) is 28.5. The molecule has 0 bridgehead atoms. The Balaban J connectivity index is 1.61. The number of benzene rings is 1. The molecule has 2 saturated heterocycles. The molecule has 2 heterocycles. The minimum absolute atomic E-state index is 0.0150. The van der Waals surface area contributed by atoms with Crippen LogP contribution in [-0.4, -0.2) is 80.7 Å². The van der Waals surface area contributed by atoms with Gasteiger partial charge in [-0.25, -0.2) is 8.42 Å². The van der Waals surface area contributed by atoms with Crippen molar-refractivity contribution in [1.82, 2.24) is 14.1 Å². The largest absolute Gasteiger partial charge is 0.347 e. The maximum Gasteiger partial charge on any atom is 0.243 e. The smallest absolute Gasteiger partial charge is 0.243 e. The summed E-state index contributed by atoms with van der Waals surface area (Å²) in [6.45, 7) is 6.07. The molecule has 0 aliphatic carbocycles. The van der Waals surface area contributed by atoms with Gasteiger partial charge in [-0.15, -0.1) is 0 Å². The summed E-state index contributed by atoms with van der Waals surface area (Å²) in [6, 6.07) is 6.07. The monoisotopic (exact) mass is 450 g/mol. The summed E-state index contributed by atoms with van der Waals surface area (Å²) in [5.74, 6) is 0.478. The first kappa shape index (κ1) is 23.7. The number of anilines is 1. The quantitative estimate of drug-likeness (QED) is 0.714. The predicted octanol–water partition coefficient (Wildman–Crippen LogP) is 1.84. The van der Waals surface area contributed by atoms with Gasteiger partial charge in [0.25, 0.3) is 0 Å². The van der Waals surface area contributed by atoms with Crippen LogP contribution < -0.4 is 5.32 Å². The van der Waals surface area contributed by atoms with Crippen molar-refractivity contribution in [3.05, 3.63) is 24.3 Å². The van der Waals surface area contributed by atoms with Crippen LogP contribution >= 0.6 is 0 Å². The van der Waals surface area contributed by atoms with Crippen molar-refractivity contribution in [1.29, 1.82) is 0 Å². The van der Waals surface area contributed by atoms with E-state index in [-0.39, 0.29) is 29.3 Å². The number of hydrogen-bond donors (Lipinski definition) is 1. The van der Waals surface area contributed by atoms with E-state index >= 15 is 0 Å². The average molecular weight is 451 g/mol. The lowest BCUT2D eigenvalue weighted by molar-refractivity contribution is -0.133. The Kier molecular flexibility index (Phi) is 7.39. The second-order valence-electron chi connectivity index (χ2n) is 9.20. The van der Waals surface area contributed by atoms with Gasteiger partial charge in [0.1, 0.15) is 0 Å². The van der Waals surface area contributed by atoms with Crippen LogP contribution in [0.4, 0.5) is 5.69 Å². The van der Waals surface area contributed by atoms with Gasteiger partial charge >= 0.3 is 0 Å². The van der Waals surface area contributed by atoms with Crippen molar-refractivity contribution in [3.8, 4) is 0 Å². The summed E-state index contributed by atoms with van der Waals surface area (Å²) < 4.78 is 27.5. The molecule has 3 unspecified atom stereocenters. The second-order valence-corrected chi connectivity index (χ2v) is 11.1. The topological polar surface area (TPSA) is 90.0 Å². The number of nitrogens with one attached hydrogen (secondary N) is 1. The van der Waals surface area contributed by atoms with Crippen molar-refractivity contribution in [2.45, 2.75) is 44.0 Å². The molecule has 1 aromatic rings. The summed E-state index contributed by atoms with van der Waals surface area (Å²) in [7, 11) is -0.103. The first-order valence-electron chi connectivity index (χ1n) is 10.9. The van der Waals surface area contributed by atoms with Crippen LogP contribution in [0, 0.1) is 11.8 Å². The SMILES string of the molecule is CC1CC(C)CN(S(=O)(=O)c2ccc(NC(=O)CN3CCCC3C(=O)N(C)C)cc2)C1. The minimum Gasteiger partial charge on any atom is -0.347 e. The Morgan fingerprint density at radius 2 is 1.71 bits per heavy atom. The van der Waals surface area contributed by atoms with E-state index in [4.69, 9.17) is 0 Å². The van der Waals surface area contributed by atoms with E-state index in [1.165, 1.54) is 0 Å². The minimum atomic E-state index is -3.55. The van der Waals surface area contributed by atoms with Gasteiger partial charge < -0.3 is 10.2 Å². The van der Waals surface area contributed by atoms with E-state index in [0.717, 1.165) is 19.3 Å². The normalized spacial score (nSPS) is 25.4. The number of hydrogen-bond acceptors (Lipinski definition) is 5. The van der Waals surface area contributed by atoms with Gasteiger partial charge in [0.05, 0.1) is 17.5 Å². The number of nitrogens with zero attached hydrogens (tertiary/aromatic N) is 3. The number of carbonyl (C=O) groups excluding carboxylic acids is 2. The molecule has 0 radical (unpaired) electrons. The van der Waals surface area contributed by atoms with Crippen LogP contribution in [0.1, 0.15) is 33.1 Å². The van der Waals surface area contributed by atoms with Crippen LogP contribution in [0.3, 0.4) is 0 Å². The number of likely N-dealkylation sites (tertiary alicyclic amines) is 1. The summed E-state index contributed by atoms with van der Waals surface area (Å²) >= 11 is 0. The van der Waals surface area contributed by atoms with Crippen molar-refractivity contribution in [2.75, 3.05) is 45.6 Å². The van der Waals surface area contributed by atoms with E-state index in [2.05, 4.69) is 19.2 Å². The number of rotatable bonds is 6. The molecular formula is C22H34N4O4S. The molecule has 2 fully saturated rings. The van der Waals surface area contributed by atoms with E-state index < -0.39 is 10.0 Å². The Bertz CT molecular complexity index is 891. The fraction of sp³-hybridized carbons (Fsp3) is 0.636. The van der Waals surface area contributed by atoms with Crippen molar-refractivity contribution in [2.24, 2.45) is 11.8 Å². The van der Waals surface area contributed by atoms with E-state index in [1.54, 1.807) is 47.6 Å². The van der Waals surface area contributed by atoms with Gasteiger partial charge in [0.15, 0.2) is 0 Å². The molecule has 3 atom stereocenters. The summed E-state index contributed by atoms with van der Waals surface area (Å²) in [5, 5.41) is 2.82. The molecule has 0 spiro atoms. The molecule has 0 aromatic heterocycles. The summed E-state index contributed by atoms with van der Waals surface area (Å²) in [5.41, 5.74) is 0.541. The third kappa shape index (κ3) is 5.64. The van der Waals surface area contributed by atoms with Crippen molar-refractivity contribution in [3.63, 3.8) is 0 Å². The van der Waals surface area contributed by atoms with Gasteiger partial charge in [-0.05, 0) is 61.9 Å². The first-order chi connectivity index (χ1) is 14.6. The summed E-state index contributed by atoms with van der Waals surface area (Å²) in [6.07, 6.45) is 2.68. The lowest BCUT2D eigenvalue weighted by atomic mass is 9.94.